The first-order valence-corrected chi connectivity index (χ1v) is 8.51. The molecule has 0 spiro atoms. The highest BCUT2D eigenvalue weighted by Gasteiger charge is 2.29. The Morgan fingerprint density at radius 3 is 2.08 bits per heavy atom. The van der Waals surface area contributed by atoms with E-state index in [0.717, 1.165) is 36.3 Å². The number of carbonyl (C=O) groups is 1. The second kappa shape index (κ2) is 8.01. The van der Waals surface area contributed by atoms with E-state index < -0.39 is 11.7 Å². The van der Waals surface area contributed by atoms with Gasteiger partial charge in [0.2, 0.25) is 0 Å². The van der Waals surface area contributed by atoms with Crippen molar-refractivity contribution in [2.75, 3.05) is 19.7 Å². The summed E-state index contributed by atoms with van der Waals surface area (Å²) < 4.78 is 43.4. The minimum absolute atomic E-state index is 0.0284. The van der Waals surface area contributed by atoms with E-state index in [2.05, 4.69) is 5.32 Å². The zero-order valence-electron chi connectivity index (χ0n) is 14.2. The van der Waals surface area contributed by atoms with Crippen molar-refractivity contribution < 1.29 is 22.7 Å². The molecule has 1 aliphatic heterocycles. The molecule has 0 amide bonds. The van der Waals surface area contributed by atoms with Crippen molar-refractivity contribution in [2.24, 2.45) is 0 Å². The molecule has 1 fully saturated rings. The van der Waals surface area contributed by atoms with Crippen molar-refractivity contribution in [3.63, 3.8) is 0 Å². The Balaban J connectivity index is 1.56. The molecule has 0 aliphatic carbocycles. The second-order valence-corrected chi connectivity index (χ2v) is 6.39. The summed E-state index contributed by atoms with van der Waals surface area (Å²) in [5.74, 6) is -0.0342. The van der Waals surface area contributed by atoms with Crippen molar-refractivity contribution in [2.45, 2.75) is 25.1 Å². The number of benzene rings is 2. The van der Waals surface area contributed by atoms with Crippen LogP contribution in [0.1, 0.15) is 28.4 Å². The lowest BCUT2D eigenvalue weighted by atomic mass is 10.00. The van der Waals surface area contributed by atoms with Crippen LogP contribution in [-0.2, 0) is 28.5 Å². The second-order valence-electron chi connectivity index (χ2n) is 6.39. The van der Waals surface area contributed by atoms with Crippen LogP contribution in [0.2, 0.25) is 0 Å². The van der Waals surface area contributed by atoms with Crippen LogP contribution in [0.25, 0.3) is 0 Å². The molecule has 2 aromatic rings. The predicted octanol–water partition coefficient (Wildman–Crippen LogP) is 3.72. The molecule has 0 saturated carbocycles. The monoisotopic (exact) mass is 363 g/mol. The van der Waals surface area contributed by atoms with Crippen LogP contribution in [-0.4, -0.2) is 25.5 Å². The molecule has 1 atom stereocenters. The molecule has 1 N–H and O–H groups in total. The quantitative estimate of drug-likeness (QED) is 0.880. The summed E-state index contributed by atoms with van der Waals surface area (Å²) in [7, 11) is 0. The van der Waals surface area contributed by atoms with Gasteiger partial charge in [0.25, 0.3) is 0 Å². The average Bonchev–Trinajstić information content (AvgIpc) is 2.63. The maximum absolute atomic E-state index is 12.6. The fraction of sp³-hybridized carbons (Fsp3) is 0.350. The van der Waals surface area contributed by atoms with E-state index in [1.54, 1.807) is 0 Å². The van der Waals surface area contributed by atoms with Crippen LogP contribution in [0.4, 0.5) is 13.2 Å². The normalized spacial score (nSPS) is 17.9. The summed E-state index contributed by atoms with van der Waals surface area (Å²) in [6, 6.07) is 12.5. The molecule has 6 heteroatoms. The Morgan fingerprint density at radius 2 is 1.58 bits per heavy atom. The maximum atomic E-state index is 12.6. The summed E-state index contributed by atoms with van der Waals surface area (Å²) in [5.41, 5.74) is 1.83. The predicted molar refractivity (Wildman–Crippen MR) is 91.9 cm³/mol. The summed E-state index contributed by atoms with van der Waals surface area (Å²) in [6.45, 7) is 2.30. The van der Waals surface area contributed by atoms with Crippen molar-refractivity contribution in [3.8, 4) is 0 Å². The van der Waals surface area contributed by atoms with Crippen molar-refractivity contribution in [1.29, 1.82) is 0 Å². The highest BCUT2D eigenvalue weighted by molar-refractivity contribution is 5.83. The number of Topliss-reactive ketones (excluding diaryl/α,β-unsaturated/α-hetero) is 1. The largest absolute Gasteiger partial charge is 0.416 e. The summed E-state index contributed by atoms with van der Waals surface area (Å²) in [6.07, 6.45) is -3.96. The van der Waals surface area contributed by atoms with Gasteiger partial charge in [0, 0.05) is 25.9 Å². The Morgan fingerprint density at radius 1 is 1.00 bits per heavy atom. The summed E-state index contributed by atoms with van der Waals surface area (Å²) >= 11 is 0. The number of ether oxygens (including phenoxy) is 1. The smallest absolute Gasteiger partial charge is 0.371 e. The Hall–Kier alpha value is -2.18. The molecule has 2 aromatic carbocycles. The fourth-order valence-electron chi connectivity index (χ4n) is 2.96. The van der Waals surface area contributed by atoms with Gasteiger partial charge < -0.3 is 10.1 Å². The van der Waals surface area contributed by atoms with Gasteiger partial charge in [0.1, 0.15) is 5.78 Å². The van der Waals surface area contributed by atoms with Crippen LogP contribution in [0.5, 0.6) is 0 Å². The molecule has 1 saturated heterocycles. The Bertz CT molecular complexity index is 733. The third-order valence-electron chi connectivity index (χ3n) is 4.36. The van der Waals surface area contributed by atoms with Gasteiger partial charge in [-0.25, -0.2) is 0 Å². The van der Waals surface area contributed by atoms with Gasteiger partial charge in [-0.1, -0.05) is 36.4 Å². The SMILES string of the molecule is O=C(Cc1ccc([C@@H]2CNCCO2)cc1)Cc1ccc(C(F)(F)F)cc1. The fourth-order valence-corrected chi connectivity index (χ4v) is 2.96. The number of carbonyl (C=O) groups excluding carboxylic acids is 1. The lowest BCUT2D eigenvalue weighted by Gasteiger charge is -2.24. The van der Waals surface area contributed by atoms with E-state index in [1.165, 1.54) is 12.1 Å². The van der Waals surface area contributed by atoms with E-state index >= 15 is 0 Å². The van der Waals surface area contributed by atoms with Gasteiger partial charge in [-0.2, -0.15) is 13.2 Å². The average molecular weight is 363 g/mol. The van der Waals surface area contributed by atoms with E-state index in [4.69, 9.17) is 4.74 Å². The number of morpholine rings is 1. The third kappa shape index (κ3) is 4.93. The van der Waals surface area contributed by atoms with Crippen molar-refractivity contribution >= 4 is 5.78 Å². The van der Waals surface area contributed by atoms with Crippen LogP contribution in [0.15, 0.2) is 48.5 Å². The third-order valence-corrected chi connectivity index (χ3v) is 4.36. The molecule has 0 radical (unpaired) electrons. The van der Waals surface area contributed by atoms with Gasteiger partial charge in [-0.3, -0.25) is 4.79 Å². The van der Waals surface area contributed by atoms with Gasteiger partial charge >= 0.3 is 6.18 Å². The highest BCUT2D eigenvalue weighted by Crippen LogP contribution is 2.29. The standard InChI is InChI=1S/C20H20F3NO2/c21-20(22,23)17-7-3-15(4-8-17)12-18(25)11-14-1-5-16(6-2-14)19-13-24-9-10-26-19/h1-8,19,24H,9-13H2/t19-/m0/s1. The first-order chi connectivity index (χ1) is 12.4. The zero-order valence-corrected chi connectivity index (χ0v) is 14.2. The van der Waals surface area contributed by atoms with E-state index in [9.17, 15) is 18.0 Å². The first-order valence-electron chi connectivity index (χ1n) is 8.51. The Kier molecular flexibility index (Phi) is 5.74. The van der Waals surface area contributed by atoms with E-state index in [0.29, 0.717) is 12.2 Å². The number of hydrogen-bond acceptors (Lipinski definition) is 3. The zero-order chi connectivity index (χ0) is 18.6. The molecule has 0 unspecified atom stereocenters. The molecule has 3 nitrogen and oxygen atoms in total. The highest BCUT2D eigenvalue weighted by atomic mass is 19.4. The maximum Gasteiger partial charge on any atom is 0.416 e. The van der Waals surface area contributed by atoms with Crippen LogP contribution in [0.3, 0.4) is 0 Å². The number of halogens is 3. The number of hydrogen-bond donors (Lipinski definition) is 1. The van der Waals surface area contributed by atoms with Crippen LogP contribution in [0, 0.1) is 0 Å². The molecule has 26 heavy (non-hydrogen) atoms. The lowest BCUT2D eigenvalue weighted by Crippen LogP contribution is -2.33. The molecular formula is C20H20F3NO2. The van der Waals surface area contributed by atoms with Gasteiger partial charge in [-0.05, 0) is 28.8 Å². The minimum atomic E-state index is -4.36. The molecule has 3 rings (SSSR count). The molecule has 0 aromatic heterocycles. The molecule has 138 valence electrons. The van der Waals surface area contributed by atoms with Gasteiger partial charge in [0.05, 0.1) is 18.3 Å². The molecule has 1 heterocycles. The summed E-state index contributed by atoms with van der Waals surface area (Å²) in [4.78, 5) is 12.2. The van der Waals surface area contributed by atoms with E-state index in [1.807, 2.05) is 24.3 Å². The molecular weight excluding hydrogens is 343 g/mol. The molecule has 0 bridgehead atoms. The number of ketones is 1. The number of nitrogens with one attached hydrogen (secondary N) is 1. The molecule has 1 aliphatic rings. The lowest BCUT2D eigenvalue weighted by molar-refractivity contribution is -0.137. The number of alkyl halides is 3. The van der Waals surface area contributed by atoms with Gasteiger partial charge in [0.15, 0.2) is 0 Å². The first kappa shape index (κ1) is 18.6. The van der Waals surface area contributed by atoms with Crippen LogP contribution >= 0.6 is 0 Å². The van der Waals surface area contributed by atoms with E-state index in [-0.39, 0.29) is 24.7 Å². The minimum Gasteiger partial charge on any atom is -0.371 e. The van der Waals surface area contributed by atoms with Crippen LogP contribution < -0.4 is 5.32 Å². The summed E-state index contributed by atoms with van der Waals surface area (Å²) in [5, 5.41) is 3.27. The van der Waals surface area contributed by atoms with Crippen molar-refractivity contribution in [1.82, 2.24) is 5.32 Å². The van der Waals surface area contributed by atoms with Gasteiger partial charge in [-0.15, -0.1) is 0 Å². The Labute approximate surface area is 150 Å². The number of rotatable bonds is 5. The topological polar surface area (TPSA) is 38.3 Å². The van der Waals surface area contributed by atoms with Crippen molar-refractivity contribution in [3.05, 3.63) is 70.8 Å².